The van der Waals surface area contributed by atoms with E-state index in [2.05, 4.69) is 16.6 Å². The fourth-order valence-electron chi connectivity index (χ4n) is 6.86. The Bertz CT molecular complexity index is 1830. The minimum Gasteiger partial charge on any atom is -0.490 e. The van der Waals surface area contributed by atoms with Gasteiger partial charge in [0, 0.05) is 44.5 Å². The Morgan fingerprint density at radius 1 is 1.16 bits per heavy atom. The molecule has 49 heavy (non-hydrogen) atoms. The van der Waals surface area contributed by atoms with Crippen LogP contribution in [0, 0.1) is 11.6 Å². The summed E-state index contributed by atoms with van der Waals surface area (Å²) in [5, 5.41) is 0. The Labute approximate surface area is 284 Å². The number of halogens is 2. The van der Waals surface area contributed by atoms with Crippen LogP contribution < -0.4 is 9.64 Å². The molecule has 6 rings (SSSR count). The number of aromatic nitrogens is 2. The van der Waals surface area contributed by atoms with E-state index in [1.165, 1.54) is 35.2 Å². The Kier molecular flexibility index (Phi) is 9.25. The summed E-state index contributed by atoms with van der Waals surface area (Å²) in [6.45, 7) is 14.0. The van der Waals surface area contributed by atoms with E-state index in [9.17, 15) is 9.59 Å². The predicted octanol–water partition coefficient (Wildman–Crippen LogP) is 5.52. The van der Waals surface area contributed by atoms with Crippen molar-refractivity contribution in [1.29, 1.82) is 0 Å². The third-order valence-corrected chi connectivity index (χ3v) is 9.01. The van der Waals surface area contributed by atoms with Crippen LogP contribution >= 0.6 is 0 Å². The lowest BCUT2D eigenvalue weighted by Gasteiger charge is -2.41. The van der Waals surface area contributed by atoms with Gasteiger partial charge in [-0.05, 0) is 57.0 Å². The van der Waals surface area contributed by atoms with Gasteiger partial charge in [-0.2, -0.15) is 0 Å². The second-order valence-electron chi connectivity index (χ2n) is 13.1. The van der Waals surface area contributed by atoms with Gasteiger partial charge in [0.25, 0.3) is 0 Å². The SMILES string of the molecule is C=CC(=O)N1CCN(C(=NC)c2cc(F)c3nc2N(C=O)c2c(ccnc2C(C)C)C2OC(C)(C)OC2COc2cccc(F)c2-3)C(C)C1. The fourth-order valence-corrected chi connectivity index (χ4v) is 6.86. The van der Waals surface area contributed by atoms with Crippen molar-refractivity contribution in [2.24, 2.45) is 4.99 Å². The topological polar surface area (TPSA) is 110 Å². The standard InChI is InChI=1S/C36H40F2N6O5/c1-8-28(46)42-14-15-43(21(4)17-42)34(39-7)23-16-25(38)31-29-24(37)10-9-11-26(29)47-18-27-33(49-36(5,6)48-27)22-12-13-40-30(20(2)3)32(22)44(19-45)35(23)41-31/h8-13,16,19-21,27,33H,1,14-15,17-18H2,2-7H3. The van der Waals surface area contributed by atoms with Gasteiger partial charge < -0.3 is 24.0 Å². The average molecular weight is 675 g/mol. The molecular weight excluding hydrogens is 634 g/mol. The van der Waals surface area contributed by atoms with Crippen LogP contribution in [0.25, 0.3) is 11.3 Å². The first-order chi connectivity index (χ1) is 23.4. The molecule has 1 aromatic carbocycles. The van der Waals surface area contributed by atoms with Crippen LogP contribution in [-0.4, -0.2) is 89.1 Å². The number of piperazine rings is 1. The lowest BCUT2D eigenvalue weighted by molar-refractivity contribution is -0.148. The van der Waals surface area contributed by atoms with Crippen molar-refractivity contribution < 1.29 is 32.6 Å². The van der Waals surface area contributed by atoms with E-state index in [0.29, 0.717) is 48.8 Å². The molecule has 2 saturated heterocycles. The van der Waals surface area contributed by atoms with E-state index in [1.54, 1.807) is 38.1 Å². The summed E-state index contributed by atoms with van der Waals surface area (Å²) >= 11 is 0. The third kappa shape index (κ3) is 6.17. The molecular formula is C36H40F2N6O5. The first-order valence-corrected chi connectivity index (χ1v) is 16.2. The summed E-state index contributed by atoms with van der Waals surface area (Å²) in [6, 6.07) is 6.93. The lowest BCUT2D eigenvalue weighted by atomic mass is 9.96. The monoisotopic (exact) mass is 674 g/mol. The number of hydrogen-bond donors (Lipinski definition) is 0. The van der Waals surface area contributed by atoms with Crippen LogP contribution in [0.2, 0.25) is 0 Å². The van der Waals surface area contributed by atoms with Crippen LogP contribution in [0.3, 0.4) is 0 Å². The average Bonchev–Trinajstić information content (AvgIpc) is 3.39. The molecule has 2 aromatic heterocycles. The van der Waals surface area contributed by atoms with Crippen LogP contribution in [0.4, 0.5) is 20.3 Å². The van der Waals surface area contributed by atoms with Gasteiger partial charge in [-0.25, -0.2) is 13.8 Å². The van der Waals surface area contributed by atoms with Gasteiger partial charge in [0.15, 0.2) is 17.4 Å². The molecule has 0 N–H and O–H groups in total. The number of carbonyl (C=O) groups is 2. The Hall–Kier alpha value is -4.75. The fraction of sp³-hybridized carbons (Fsp3) is 0.417. The number of aliphatic imine (C=N–C) groups is 1. The van der Waals surface area contributed by atoms with Gasteiger partial charge in [-0.3, -0.25) is 24.5 Å². The Morgan fingerprint density at radius 2 is 1.94 bits per heavy atom. The van der Waals surface area contributed by atoms with Crippen molar-refractivity contribution in [3.8, 4) is 17.0 Å². The van der Waals surface area contributed by atoms with Crippen LogP contribution in [0.15, 0.2) is 54.2 Å². The first kappa shape index (κ1) is 34.1. The molecule has 11 nitrogen and oxygen atoms in total. The highest BCUT2D eigenvalue weighted by atomic mass is 19.1. The van der Waals surface area contributed by atoms with Gasteiger partial charge in [0.05, 0.1) is 22.5 Å². The molecule has 3 aromatic rings. The molecule has 2 amide bonds. The normalized spacial score (nSPS) is 21.9. The highest BCUT2D eigenvalue weighted by molar-refractivity contribution is 6.07. The number of pyridine rings is 2. The zero-order chi connectivity index (χ0) is 35.2. The van der Waals surface area contributed by atoms with Crippen molar-refractivity contribution in [3.05, 3.63) is 77.6 Å². The molecule has 2 bridgehead atoms. The molecule has 13 heteroatoms. The minimum absolute atomic E-state index is 0.00412. The molecule has 0 radical (unpaired) electrons. The number of rotatable bonds is 4. The number of nitrogens with zero attached hydrogens (tertiary/aromatic N) is 6. The number of amidine groups is 1. The number of anilines is 2. The number of ether oxygens (including phenoxy) is 3. The molecule has 3 atom stereocenters. The second kappa shape index (κ2) is 13.3. The first-order valence-electron chi connectivity index (χ1n) is 16.2. The zero-order valence-corrected chi connectivity index (χ0v) is 28.4. The number of hydrogen-bond acceptors (Lipinski definition) is 8. The van der Waals surface area contributed by atoms with Crippen molar-refractivity contribution in [1.82, 2.24) is 19.8 Å². The second-order valence-corrected chi connectivity index (χ2v) is 13.1. The number of amides is 2. The minimum atomic E-state index is -1.03. The van der Waals surface area contributed by atoms with E-state index in [1.807, 2.05) is 25.7 Å². The lowest BCUT2D eigenvalue weighted by Crippen LogP contribution is -2.55. The summed E-state index contributed by atoms with van der Waals surface area (Å²) in [6.07, 6.45) is 2.09. The molecule has 258 valence electrons. The van der Waals surface area contributed by atoms with Crippen molar-refractivity contribution in [3.63, 3.8) is 0 Å². The molecule has 0 spiro atoms. The molecule has 3 aliphatic rings. The molecule has 3 aliphatic heterocycles. The van der Waals surface area contributed by atoms with Gasteiger partial charge >= 0.3 is 0 Å². The number of carbonyl (C=O) groups excluding carboxylic acids is 2. The Balaban J connectivity index is 1.64. The highest BCUT2D eigenvalue weighted by Gasteiger charge is 2.45. The van der Waals surface area contributed by atoms with Gasteiger partial charge in [-0.15, -0.1) is 0 Å². The van der Waals surface area contributed by atoms with Crippen molar-refractivity contribution in [2.75, 3.05) is 38.2 Å². The van der Waals surface area contributed by atoms with Crippen LogP contribution in [-0.2, 0) is 19.1 Å². The van der Waals surface area contributed by atoms with E-state index in [4.69, 9.17) is 19.2 Å². The largest absolute Gasteiger partial charge is 0.490 e. The number of fused-ring (bicyclic) bond motifs is 7. The maximum absolute atomic E-state index is 16.5. The predicted molar refractivity (Wildman–Crippen MR) is 180 cm³/mol. The summed E-state index contributed by atoms with van der Waals surface area (Å²) < 4.78 is 51.1. The van der Waals surface area contributed by atoms with Gasteiger partial charge in [0.1, 0.15) is 41.9 Å². The highest BCUT2D eigenvalue weighted by Crippen LogP contribution is 2.47. The molecule has 3 unspecified atom stereocenters. The van der Waals surface area contributed by atoms with Gasteiger partial charge in [-0.1, -0.05) is 26.5 Å². The molecule has 0 saturated carbocycles. The Morgan fingerprint density at radius 3 is 2.61 bits per heavy atom. The van der Waals surface area contributed by atoms with E-state index >= 15 is 8.78 Å². The zero-order valence-electron chi connectivity index (χ0n) is 28.4. The summed E-state index contributed by atoms with van der Waals surface area (Å²) in [5.74, 6) is -2.61. The summed E-state index contributed by atoms with van der Waals surface area (Å²) in [5.41, 5.74) is 1.16. The van der Waals surface area contributed by atoms with Crippen LogP contribution in [0.5, 0.6) is 5.75 Å². The third-order valence-electron chi connectivity index (χ3n) is 9.01. The molecule has 0 aliphatic carbocycles. The van der Waals surface area contributed by atoms with Crippen LogP contribution in [0.1, 0.15) is 63.5 Å². The molecule has 5 heterocycles. The summed E-state index contributed by atoms with van der Waals surface area (Å²) in [4.78, 5) is 44.8. The quantitative estimate of drug-likeness (QED) is 0.154. The maximum Gasteiger partial charge on any atom is 0.246 e. The number of benzene rings is 1. The molecule has 2 fully saturated rings. The van der Waals surface area contributed by atoms with E-state index in [-0.39, 0.29) is 52.9 Å². The van der Waals surface area contributed by atoms with E-state index in [0.717, 1.165) is 0 Å². The maximum atomic E-state index is 16.5. The van der Waals surface area contributed by atoms with E-state index < -0.39 is 29.6 Å². The van der Waals surface area contributed by atoms with Crippen molar-refractivity contribution in [2.45, 2.75) is 64.6 Å². The summed E-state index contributed by atoms with van der Waals surface area (Å²) in [7, 11) is 1.57. The van der Waals surface area contributed by atoms with Crippen molar-refractivity contribution >= 4 is 29.7 Å². The smallest absolute Gasteiger partial charge is 0.246 e. The van der Waals surface area contributed by atoms with Gasteiger partial charge in [0.2, 0.25) is 12.3 Å².